The number of aromatic nitrogens is 2. The van der Waals surface area contributed by atoms with E-state index in [9.17, 15) is 4.79 Å². The number of likely N-dealkylation sites (tertiary alicyclic amines) is 1. The quantitative estimate of drug-likeness (QED) is 0.782. The lowest BCUT2D eigenvalue weighted by atomic mass is 9.93. The highest BCUT2D eigenvalue weighted by molar-refractivity contribution is 5.90. The second-order valence-corrected chi connectivity index (χ2v) is 5.92. The van der Waals surface area contributed by atoms with Gasteiger partial charge in [-0.25, -0.2) is 9.97 Å². The van der Waals surface area contributed by atoms with E-state index in [1.54, 1.807) is 12.0 Å². The summed E-state index contributed by atoms with van der Waals surface area (Å²) in [4.78, 5) is 24.8. The van der Waals surface area contributed by atoms with Crippen molar-refractivity contribution >= 4 is 5.91 Å². The Bertz CT molecular complexity index is 522. The molecule has 0 aromatic carbocycles. The third-order valence-electron chi connectivity index (χ3n) is 4.39. The van der Waals surface area contributed by atoms with Gasteiger partial charge in [0, 0.05) is 32.1 Å². The molecule has 2 fully saturated rings. The molecule has 3 heterocycles. The van der Waals surface area contributed by atoms with Gasteiger partial charge < -0.3 is 19.3 Å². The zero-order valence-corrected chi connectivity index (χ0v) is 13.1. The van der Waals surface area contributed by atoms with E-state index >= 15 is 0 Å². The zero-order chi connectivity index (χ0) is 15.5. The first-order chi connectivity index (χ1) is 10.7. The molecule has 0 spiro atoms. The average Bonchev–Trinajstić information content (AvgIpc) is 2.74. The maximum absolute atomic E-state index is 12.5. The molecule has 120 valence electrons. The van der Waals surface area contributed by atoms with Gasteiger partial charge in [-0.15, -0.1) is 0 Å². The molecule has 0 aliphatic carbocycles. The van der Waals surface area contributed by atoms with Gasteiger partial charge in [0.05, 0.1) is 32.2 Å². The summed E-state index contributed by atoms with van der Waals surface area (Å²) in [5, 5.41) is 0. The molecule has 3 rings (SSSR count). The van der Waals surface area contributed by atoms with Crippen molar-refractivity contribution in [3.05, 3.63) is 18.2 Å². The first kappa shape index (κ1) is 15.2. The third kappa shape index (κ3) is 3.20. The second-order valence-electron chi connectivity index (χ2n) is 5.92. The van der Waals surface area contributed by atoms with E-state index in [0.717, 1.165) is 32.7 Å². The van der Waals surface area contributed by atoms with Crippen LogP contribution in [0, 0.1) is 5.92 Å². The molecular formula is C15H22N4O3. The smallest absolute Gasteiger partial charge is 0.291 e. The number of rotatable bonds is 2. The topological polar surface area (TPSA) is 67.8 Å². The molecule has 0 N–H and O–H groups in total. The number of amides is 1. The number of likely N-dealkylation sites (N-methyl/N-ethyl adjacent to an activating group) is 1. The maximum Gasteiger partial charge on any atom is 0.291 e. The van der Waals surface area contributed by atoms with Crippen molar-refractivity contribution in [3.8, 4) is 5.75 Å². The minimum absolute atomic E-state index is 0.112. The van der Waals surface area contributed by atoms with E-state index < -0.39 is 0 Å². The highest BCUT2D eigenvalue weighted by atomic mass is 16.5. The number of fused-ring (bicyclic) bond motifs is 1. The zero-order valence-electron chi connectivity index (χ0n) is 13.1. The highest BCUT2D eigenvalue weighted by Gasteiger charge is 2.35. The van der Waals surface area contributed by atoms with Gasteiger partial charge in [0.15, 0.2) is 5.75 Å². The summed E-state index contributed by atoms with van der Waals surface area (Å²) >= 11 is 0. The molecule has 2 aliphatic heterocycles. The summed E-state index contributed by atoms with van der Waals surface area (Å²) < 4.78 is 10.9. The van der Waals surface area contributed by atoms with E-state index in [2.05, 4.69) is 21.9 Å². The van der Waals surface area contributed by atoms with Crippen LogP contribution in [0.1, 0.15) is 17.0 Å². The van der Waals surface area contributed by atoms with Crippen LogP contribution in [-0.2, 0) is 4.74 Å². The first-order valence-electron chi connectivity index (χ1n) is 7.63. The lowest BCUT2D eigenvalue weighted by Crippen LogP contribution is -2.49. The largest absolute Gasteiger partial charge is 0.494 e. The number of piperidine rings is 1. The molecule has 0 unspecified atom stereocenters. The maximum atomic E-state index is 12.5. The number of nitrogens with zero attached hydrogens (tertiary/aromatic N) is 4. The minimum atomic E-state index is -0.137. The monoisotopic (exact) mass is 306 g/mol. The van der Waals surface area contributed by atoms with Crippen molar-refractivity contribution in [2.24, 2.45) is 5.92 Å². The Morgan fingerprint density at radius 2 is 2.09 bits per heavy atom. The van der Waals surface area contributed by atoms with Gasteiger partial charge in [-0.2, -0.15) is 0 Å². The molecule has 22 heavy (non-hydrogen) atoms. The first-order valence-corrected chi connectivity index (χ1v) is 7.63. The molecule has 2 aliphatic rings. The van der Waals surface area contributed by atoms with E-state index in [1.165, 1.54) is 12.4 Å². The van der Waals surface area contributed by atoms with Gasteiger partial charge in [0.2, 0.25) is 5.82 Å². The Hall–Kier alpha value is -1.73. The Kier molecular flexibility index (Phi) is 4.54. The Labute approximate surface area is 130 Å². The van der Waals surface area contributed by atoms with Crippen LogP contribution >= 0.6 is 0 Å². The molecule has 0 saturated carbocycles. The number of hydrogen-bond acceptors (Lipinski definition) is 6. The fourth-order valence-electron chi connectivity index (χ4n) is 3.07. The summed E-state index contributed by atoms with van der Waals surface area (Å²) in [6.07, 6.45) is 4.10. The van der Waals surface area contributed by atoms with Gasteiger partial charge >= 0.3 is 0 Å². The van der Waals surface area contributed by atoms with Gasteiger partial charge in [0.1, 0.15) is 0 Å². The van der Waals surface area contributed by atoms with Crippen molar-refractivity contribution in [3.63, 3.8) is 0 Å². The van der Waals surface area contributed by atoms with Crippen LogP contribution in [0.4, 0.5) is 0 Å². The summed E-state index contributed by atoms with van der Waals surface area (Å²) in [6, 6.07) is 0. The van der Waals surface area contributed by atoms with Crippen LogP contribution in [0.5, 0.6) is 5.75 Å². The molecule has 0 radical (unpaired) electrons. The second kappa shape index (κ2) is 6.58. The summed E-state index contributed by atoms with van der Waals surface area (Å²) in [5.74, 6) is 1.12. The molecule has 2 atom stereocenters. The fraction of sp³-hybridized carbons (Fsp3) is 0.667. The lowest BCUT2D eigenvalue weighted by Gasteiger charge is -2.37. The Morgan fingerprint density at radius 1 is 1.32 bits per heavy atom. The molecule has 1 amide bonds. The number of ether oxygens (including phenoxy) is 2. The predicted molar refractivity (Wildman–Crippen MR) is 79.8 cm³/mol. The molecule has 2 saturated heterocycles. The van der Waals surface area contributed by atoms with Gasteiger partial charge in [0.25, 0.3) is 5.91 Å². The molecule has 1 aromatic heterocycles. The van der Waals surface area contributed by atoms with E-state index in [4.69, 9.17) is 9.47 Å². The van der Waals surface area contributed by atoms with Crippen molar-refractivity contribution in [1.29, 1.82) is 0 Å². The number of carbonyl (C=O) groups excluding carboxylic acids is 1. The van der Waals surface area contributed by atoms with E-state index in [-0.39, 0.29) is 17.8 Å². The molecule has 1 aromatic rings. The van der Waals surface area contributed by atoms with Crippen LogP contribution in [0.15, 0.2) is 12.4 Å². The molecule has 7 heteroatoms. The molecular weight excluding hydrogens is 284 g/mol. The van der Waals surface area contributed by atoms with Crippen molar-refractivity contribution in [1.82, 2.24) is 19.8 Å². The number of carbonyl (C=O) groups is 1. The summed E-state index contributed by atoms with van der Waals surface area (Å²) in [7, 11) is 3.67. The fourth-order valence-corrected chi connectivity index (χ4v) is 3.07. The number of methoxy groups -OCH3 is 1. The minimum Gasteiger partial charge on any atom is -0.494 e. The standard InChI is InChI=1S/C15H22N4O3/c1-18-5-6-22-13-10-19(4-3-11(13)9-18)15(20)14-16-7-12(21-2)8-17-14/h7-8,11,13H,3-6,9-10H2,1-2H3/t11-,13-/m1/s1. The van der Waals surface area contributed by atoms with Crippen LogP contribution in [0.2, 0.25) is 0 Å². The predicted octanol–water partition coefficient (Wildman–Crippen LogP) is 0.278. The van der Waals surface area contributed by atoms with Crippen molar-refractivity contribution in [2.45, 2.75) is 12.5 Å². The molecule has 0 bridgehead atoms. The Balaban J connectivity index is 1.66. The van der Waals surface area contributed by atoms with Crippen molar-refractivity contribution < 1.29 is 14.3 Å². The Morgan fingerprint density at radius 3 is 2.82 bits per heavy atom. The van der Waals surface area contributed by atoms with Gasteiger partial charge in [-0.3, -0.25) is 4.79 Å². The molecule has 7 nitrogen and oxygen atoms in total. The summed E-state index contributed by atoms with van der Waals surface area (Å²) in [6.45, 7) is 4.05. The van der Waals surface area contributed by atoms with Crippen LogP contribution < -0.4 is 4.74 Å². The summed E-state index contributed by atoms with van der Waals surface area (Å²) in [5.41, 5.74) is 0. The SMILES string of the molecule is COc1cnc(C(=O)N2CC[C@@H]3CN(C)CCO[C@@H]3C2)nc1. The number of hydrogen-bond donors (Lipinski definition) is 0. The van der Waals surface area contributed by atoms with Crippen LogP contribution in [0.3, 0.4) is 0 Å². The van der Waals surface area contributed by atoms with Gasteiger partial charge in [-0.1, -0.05) is 0 Å². The van der Waals surface area contributed by atoms with Crippen molar-refractivity contribution in [2.75, 3.05) is 46.9 Å². The average molecular weight is 306 g/mol. The third-order valence-corrected chi connectivity index (χ3v) is 4.39. The lowest BCUT2D eigenvalue weighted by molar-refractivity contribution is -0.0174. The van der Waals surface area contributed by atoms with Gasteiger partial charge in [-0.05, 0) is 13.5 Å². The normalized spacial score (nSPS) is 26.2. The van der Waals surface area contributed by atoms with E-state index in [1.807, 2.05) is 0 Å². The van der Waals surface area contributed by atoms with Crippen LogP contribution in [-0.4, -0.2) is 78.7 Å². The highest BCUT2D eigenvalue weighted by Crippen LogP contribution is 2.24. The van der Waals surface area contributed by atoms with E-state index in [0.29, 0.717) is 18.2 Å². The van der Waals surface area contributed by atoms with Crippen LogP contribution in [0.25, 0.3) is 0 Å².